The van der Waals surface area contributed by atoms with Gasteiger partial charge in [0.1, 0.15) is 5.75 Å². The summed E-state index contributed by atoms with van der Waals surface area (Å²) in [6.45, 7) is 0.927. The first-order valence-electron chi connectivity index (χ1n) is 9.57. The summed E-state index contributed by atoms with van der Waals surface area (Å²) >= 11 is 7.84. The molecule has 3 heterocycles. The van der Waals surface area contributed by atoms with E-state index in [1.807, 2.05) is 29.1 Å². The van der Waals surface area contributed by atoms with Crippen molar-refractivity contribution >= 4 is 39.9 Å². The molecule has 2 aromatic heterocycles. The Bertz CT molecular complexity index is 1040. The number of amides is 2. The van der Waals surface area contributed by atoms with Crippen LogP contribution >= 0.6 is 22.9 Å². The highest BCUT2D eigenvalue weighted by molar-refractivity contribution is 7.13. The fourth-order valence-electron chi connectivity index (χ4n) is 3.61. The topological polar surface area (TPSA) is 76.5 Å². The van der Waals surface area contributed by atoms with E-state index in [4.69, 9.17) is 16.3 Å². The van der Waals surface area contributed by atoms with Crippen LogP contribution in [0.25, 0.3) is 5.69 Å². The molecule has 1 aliphatic rings. The van der Waals surface area contributed by atoms with Crippen molar-refractivity contribution in [1.29, 1.82) is 0 Å². The van der Waals surface area contributed by atoms with Crippen LogP contribution in [0.3, 0.4) is 0 Å². The Morgan fingerprint density at radius 1 is 1.30 bits per heavy atom. The van der Waals surface area contributed by atoms with Crippen molar-refractivity contribution in [3.05, 3.63) is 58.8 Å². The molecule has 1 unspecified atom stereocenters. The molecule has 156 valence electrons. The largest absolute Gasteiger partial charge is 0.496 e. The number of benzene rings is 1. The molecule has 4 rings (SSSR count). The van der Waals surface area contributed by atoms with Gasteiger partial charge in [-0.2, -0.15) is 0 Å². The van der Waals surface area contributed by atoms with Crippen molar-refractivity contribution in [2.45, 2.75) is 12.8 Å². The standard InChI is InChI=1S/C21H21ClN4O3S/c1-29-18-12-17(25-7-2-3-8-25)16(22)11-15(18)20(28)26-9-4-5-14(13-26)19(27)24-21-23-6-10-30-21/h2-3,6-8,10-12,14H,4-5,9,13H2,1H3,(H,23,24,27). The van der Waals surface area contributed by atoms with E-state index in [0.717, 1.165) is 18.5 Å². The van der Waals surface area contributed by atoms with Gasteiger partial charge < -0.3 is 19.5 Å². The maximum Gasteiger partial charge on any atom is 0.257 e. The number of carbonyl (C=O) groups is 2. The van der Waals surface area contributed by atoms with E-state index >= 15 is 0 Å². The van der Waals surface area contributed by atoms with Crippen molar-refractivity contribution in [3.8, 4) is 11.4 Å². The molecule has 0 bridgehead atoms. The van der Waals surface area contributed by atoms with Crippen LogP contribution in [-0.4, -0.2) is 46.5 Å². The first-order valence-corrected chi connectivity index (χ1v) is 10.8. The highest BCUT2D eigenvalue weighted by Crippen LogP contribution is 2.32. The third-order valence-electron chi connectivity index (χ3n) is 5.12. The fraction of sp³-hybridized carbons (Fsp3) is 0.286. The molecule has 30 heavy (non-hydrogen) atoms. The van der Waals surface area contributed by atoms with Gasteiger partial charge in [0.15, 0.2) is 5.13 Å². The van der Waals surface area contributed by atoms with E-state index in [-0.39, 0.29) is 17.7 Å². The van der Waals surface area contributed by atoms with E-state index < -0.39 is 0 Å². The lowest BCUT2D eigenvalue weighted by molar-refractivity contribution is -0.121. The summed E-state index contributed by atoms with van der Waals surface area (Å²) in [5, 5.41) is 5.65. The Hall–Kier alpha value is -2.84. The number of likely N-dealkylation sites (tertiary alicyclic amines) is 1. The quantitative estimate of drug-likeness (QED) is 0.643. The average Bonchev–Trinajstić information content (AvgIpc) is 3.47. The maximum absolute atomic E-state index is 13.3. The number of aromatic nitrogens is 2. The van der Waals surface area contributed by atoms with Crippen LogP contribution in [0.15, 0.2) is 48.2 Å². The monoisotopic (exact) mass is 444 g/mol. The Balaban J connectivity index is 1.53. The zero-order chi connectivity index (χ0) is 21.1. The van der Waals surface area contributed by atoms with Crippen molar-refractivity contribution in [3.63, 3.8) is 0 Å². The van der Waals surface area contributed by atoms with Gasteiger partial charge in [-0.3, -0.25) is 9.59 Å². The summed E-state index contributed by atoms with van der Waals surface area (Å²) in [5.74, 6) is -0.148. The van der Waals surface area contributed by atoms with Crippen LogP contribution < -0.4 is 10.1 Å². The second-order valence-electron chi connectivity index (χ2n) is 7.01. The van der Waals surface area contributed by atoms with Gasteiger partial charge in [-0.25, -0.2) is 4.98 Å². The normalized spacial score (nSPS) is 16.3. The molecule has 1 aliphatic heterocycles. The van der Waals surface area contributed by atoms with Gasteiger partial charge in [0.25, 0.3) is 5.91 Å². The zero-order valence-corrected chi connectivity index (χ0v) is 17.9. The maximum atomic E-state index is 13.3. The smallest absolute Gasteiger partial charge is 0.257 e. The number of halogens is 1. The lowest BCUT2D eigenvalue weighted by Crippen LogP contribution is -2.43. The second-order valence-corrected chi connectivity index (χ2v) is 8.31. The summed E-state index contributed by atoms with van der Waals surface area (Å²) in [6.07, 6.45) is 6.87. The molecule has 2 amide bonds. The van der Waals surface area contributed by atoms with Gasteiger partial charge in [-0.05, 0) is 31.0 Å². The first kappa shape index (κ1) is 20.4. The van der Waals surface area contributed by atoms with Crippen LogP contribution in [0.5, 0.6) is 5.75 Å². The molecule has 1 aromatic carbocycles. The molecule has 1 fully saturated rings. The van der Waals surface area contributed by atoms with Crippen LogP contribution in [0.4, 0.5) is 5.13 Å². The minimum atomic E-state index is -0.285. The number of ether oxygens (including phenoxy) is 1. The number of anilines is 1. The van der Waals surface area contributed by atoms with Gasteiger partial charge in [-0.15, -0.1) is 11.3 Å². The molecule has 1 N–H and O–H groups in total. The van der Waals surface area contributed by atoms with E-state index in [9.17, 15) is 9.59 Å². The Kier molecular flexibility index (Phi) is 6.06. The third kappa shape index (κ3) is 4.20. The summed E-state index contributed by atoms with van der Waals surface area (Å²) < 4.78 is 7.35. The van der Waals surface area contributed by atoms with E-state index in [2.05, 4.69) is 10.3 Å². The van der Waals surface area contributed by atoms with Crippen LogP contribution in [-0.2, 0) is 4.79 Å². The summed E-state index contributed by atoms with van der Waals surface area (Å²) in [4.78, 5) is 31.6. The number of methoxy groups -OCH3 is 1. The van der Waals surface area contributed by atoms with Gasteiger partial charge in [0.05, 0.1) is 29.3 Å². The number of hydrogen-bond acceptors (Lipinski definition) is 5. The summed E-state index contributed by atoms with van der Waals surface area (Å²) in [5.41, 5.74) is 1.12. The number of nitrogens with zero attached hydrogens (tertiary/aromatic N) is 3. The van der Waals surface area contributed by atoms with E-state index in [0.29, 0.717) is 34.6 Å². The van der Waals surface area contributed by atoms with Crippen LogP contribution in [0, 0.1) is 5.92 Å². The van der Waals surface area contributed by atoms with Crippen molar-refractivity contribution in [1.82, 2.24) is 14.5 Å². The van der Waals surface area contributed by atoms with Gasteiger partial charge >= 0.3 is 0 Å². The molecule has 9 heteroatoms. The Morgan fingerprint density at radius 2 is 2.10 bits per heavy atom. The molecule has 0 radical (unpaired) electrons. The minimum absolute atomic E-state index is 0.115. The number of hydrogen-bond donors (Lipinski definition) is 1. The van der Waals surface area contributed by atoms with E-state index in [1.54, 1.807) is 28.6 Å². The average molecular weight is 445 g/mol. The number of thiazole rings is 1. The molecule has 1 atom stereocenters. The third-order valence-corrected chi connectivity index (χ3v) is 6.12. The molecular formula is C21H21ClN4O3S. The van der Waals surface area contributed by atoms with Gasteiger partial charge in [0.2, 0.25) is 5.91 Å². The lowest BCUT2D eigenvalue weighted by Gasteiger charge is -2.32. The molecule has 0 spiro atoms. The predicted octanol–water partition coefficient (Wildman–Crippen LogP) is 4.09. The summed E-state index contributed by atoms with van der Waals surface area (Å²) in [7, 11) is 1.53. The Labute approximate surface area is 183 Å². The number of piperidine rings is 1. The minimum Gasteiger partial charge on any atom is -0.496 e. The predicted molar refractivity (Wildman–Crippen MR) is 117 cm³/mol. The van der Waals surface area contributed by atoms with Crippen LogP contribution in [0.2, 0.25) is 5.02 Å². The zero-order valence-electron chi connectivity index (χ0n) is 16.4. The molecule has 1 saturated heterocycles. The highest BCUT2D eigenvalue weighted by Gasteiger charge is 2.31. The van der Waals surface area contributed by atoms with Crippen molar-refractivity contribution in [2.75, 3.05) is 25.5 Å². The fourth-order valence-corrected chi connectivity index (χ4v) is 4.40. The highest BCUT2D eigenvalue weighted by atomic mass is 35.5. The van der Waals surface area contributed by atoms with Gasteiger partial charge in [0, 0.05) is 43.1 Å². The molecule has 7 nitrogen and oxygen atoms in total. The van der Waals surface area contributed by atoms with Crippen molar-refractivity contribution < 1.29 is 14.3 Å². The number of nitrogens with one attached hydrogen (secondary N) is 1. The second kappa shape index (κ2) is 8.89. The number of rotatable bonds is 5. The SMILES string of the molecule is COc1cc(-n2cccc2)c(Cl)cc1C(=O)N1CCCC(C(=O)Nc2nccs2)C1. The van der Waals surface area contributed by atoms with Gasteiger partial charge in [-0.1, -0.05) is 11.6 Å². The molecular weight excluding hydrogens is 424 g/mol. The molecule has 3 aromatic rings. The molecule has 0 saturated carbocycles. The Morgan fingerprint density at radius 3 is 2.80 bits per heavy atom. The van der Waals surface area contributed by atoms with E-state index in [1.165, 1.54) is 18.4 Å². The summed E-state index contributed by atoms with van der Waals surface area (Å²) in [6, 6.07) is 7.18. The number of carbonyl (C=O) groups excluding carboxylic acids is 2. The van der Waals surface area contributed by atoms with Crippen LogP contribution in [0.1, 0.15) is 23.2 Å². The first-order chi connectivity index (χ1) is 14.6. The van der Waals surface area contributed by atoms with Crippen molar-refractivity contribution in [2.24, 2.45) is 5.92 Å². The lowest BCUT2D eigenvalue weighted by atomic mass is 9.96. The molecule has 0 aliphatic carbocycles.